The van der Waals surface area contributed by atoms with E-state index in [1.54, 1.807) is 24.3 Å². The smallest absolute Gasteiger partial charge is 0.183 e. The van der Waals surface area contributed by atoms with Gasteiger partial charge in [0.15, 0.2) is 9.84 Å². The molecule has 3 nitrogen and oxygen atoms in total. The first-order valence-corrected chi connectivity index (χ1v) is 8.04. The van der Waals surface area contributed by atoms with Crippen molar-refractivity contribution < 1.29 is 12.8 Å². The fourth-order valence-corrected chi connectivity index (χ4v) is 4.79. The van der Waals surface area contributed by atoms with Gasteiger partial charge in [-0.25, -0.2) is 12.8 Å². The maximum absolute atomic E-state index is 13.3. The van der Waals surface area contributed by atoms with Gasteiger partial charge in [0.2, 0.25) is 0 Å². The molecule has 1 aliphatic rings. The van der Waals surface area contributed by atoms with E-state index in [1.165, 1.54) is 30.3 Å². The van der Waals surface area contributed by atoms with Crippen LogP contribution >= 0.6 is 0 Å². The SMILES string of the molecule is N#C[C@@H]1[C@@H](c2cccc(F)c2)[C@H]1S(=O)(=O)c1ccccc1. The molecule has 3 atom stereocenters. The summed E-state index contributed by atoms with van der Waals surface area (Å²) in [4.78, 5) is 0.203. The molecule has 1 saturated carbocycles. The van der Waals surface area contributed by atoms with E-state index in [2.05, 4.69) is 0 Å². The third kappa shape index (κ3) is 2.32. The zero-order chi connectivity index (χ0) is 15.0. The lowest BCUT2D eigenvalue weighted by Gasteiger charge is -2.03. The van der Waals surface area contributed by atoms with Gasteiger partial charge in [0.05, 0.1) is 22.1 Å². The highest BCUT2D eigenvalue weighted by molar-refractivity contribution is 7.92. The van der Waals surface area contributed by atoms with E-state index < -0.39 is 32.7 Å². The van der Waals surface area contributed by atoms with Crippen molar-refractivity contribution in [3.63, 3.8) is 0 Å². The third-order valence-corrected chi connectivity index (χ3v) is 6.00. The molecule has 21 heavy (non-hydrogen) atoms. The Balaban J connectivity index is 1.99. The molecule has 0 N–H and O–H groups in total. The lowest BCUT2D eigenvalue weighted by Crippen LogP contribution is -2.10. The molecule has 0 saturated heterocycles. The Labute approximate surface area is 122 Å². The first-order valence-electron chi connectivity index (χ1n) is 6.50. The van der Waals surface area contributed by atoms with Crippen LogP contribution in [0, 0.1) is 23.1 Å². The molecule has 0 spiro atoms. The van der Waals surface area contributed by atoms with Crippen molar-refractivity contribution in [2.24, 2.45) is 5.92 Å². The van der Waals surface area contributed by atoms with Crippen LogP contribution in [-0.2, 0) is 9.84 Å². The maximum atomic E-state index is 13.3. The minimum Gasteiger partial charge on any atom is -0.223 e. The molecular formula is C16H12FNO2S. The first kappa shape index (κ1) is 13.8. The van der Waals surface area contributed by atoms with Gasteiger partial charge < -0.3 is 0 Å². The Bertz CT molecular complexity index is 812. The summed E-state index contributed by atoms with van der Waals surface area (Å²) < 4.78 is 38.5. The highest BCUT2D eigenvalue weighted by Crippen LogP contribution is 2.53. The Morgan fingerprint density at radius 1 is 1.05 bits per heavy atom. The van der Waals surface area contributed by atoms with E-state index in [9.17, 15) is 18.1 Å². The quantitative estimate of drug-likeness (QED) is 0.876. The zero-order valence-corrected chi connectivity index (χ0v) is 11.8. The van der Waals surface area contributed by atoms with Gasteiger partial charge in [-0.05, 0) is 29.8 Å². The fourth-order valence-electron chi connectivity index (χ4n) is 2.70. The number of sulfone groups is 1. The monoisotopic (exact) mass is 301 g/mol. The minimum absolute atomic E-state index is 0.203. The standard InChI is InChI=1S/C16H12FNO2S/c17-12-6-4-5-11(9-12)15-14(10-18)16(15)21(19,20)13-7-2-1-3-8-13/h1-9,14-16H/t14-,15-,16+/m1/s1. The molecule has 0 bridgehead atoms. The summed E-state index contributed by atoms with van der Waals surface area (Å²) in [6, 6.07) is 15.9. The second-order valence-electron chi connectivity index (χ2n) is 5.06. The maximum Gasteiger partial charge on any atom is 0.183 e. The number of hydrogen-bond donors (Lipinski definition) is 0. The van der Waals surface area contributed by atoms with Gasteiger partial charge in [0.1, 0.15) is 5.82 Å². The lowest BCUT2D eigenvalue weighted by atomic mass is 10.1. The summed E-state index contributed by atoms with van der Waals surface area (Å²) in [5, 5.41) is 8.38. The summed E-state index contributed by atoms with van der Waals surface area (Å²) >= 11 is 0. The van der Waals surface area contributed by atoms with Crippen molar-refractivity contribution >= 4 is 9.84 Å². The Morgan fingerprint density at radius 3 is 2.38 bits per heavy atom. The molecule has 0 heterocycles. The average Bonchev–Trinajstić information content (AvgIpc) is 3.23. The molecule has 0 aliphatic heterocycles. The molecule has 0 radical (unpaired) electrons. The van der Waals surface area contributed by atoms with Crippen LogP contribution in [0.5, 0.6) is 0 Å². The predicted molar refractivity (Wildman–Crippen MR) is 75.7 cm³/mol. The molecule has 0 aromatic heterocycles. The van der Waals surface area contributed by atoms with E-state index in [0.717, 1.165) is 0 Å². The van der Waals surface area contributed by atoms with E-state index >= 15 is 0 Å². The second kappa shape index (κ2) is 4.97. The number of nitriles is 1. The summed E-state index contributed by atoms with van der Waals surface area (Å²) in [7, 11) is -3.58. The summed E-state index contributed by atoms with van der Waals surface area (Å²) in [6.07, 6.45) is 0. The zero-order valence-electron chi connectivity index (χ0n) is 11.0. The van der Waals surface area contributed by atoms with Gasteiger partial charge in [-0.15, -0.1) is 0 Å². The van der Waals surface area contributed by atoms with Gasteiger partial charge in [-0.2, -0.15) is 5.26 Å². The van der Waals surface area contributed by atoms with E-state index in [4.69, 9.17) is 0 Å². The molecule has 1 aliphatic carbocycles. The summed E-state index contributed by atoms with van der Waals surface area (Å²) in [5.74, 6) is -1.51. The van der Waals surface area contributed by atoms with Gasteiger partial charge in [0, 0.05) is 5.92 Å². The van der Waals surface area contributed by atoms with Gasteiger partial charge in [-0.1, -0.05) is 30.3 Å². The van der Waals surface area contributed by atoms with Crippen LogP contribution in [0.4, 0.5) is 4.39 Å². The lowest BCUT2D eigenvalue weighted by molar-refractivity contribution is 0.593. The number of rotatable bonds is 3. The largest absolute Gasteiger partial charge is 0.223 e. The molecule has 106 valence electrons. The molecule has 0 amide bonds. The molecular weight excluding hydrogens is 289 g/mol. The van der Waals surface area contributed by atoms with Crippen LogP contribution in [-0.4, -0.2) is 13.7 Å². The second-order valence-corrected chi connectivity index (χ2v) is 7.16. The van der Waals surface area contributed by atoms with Crippen LogP contribution in [0.2, 0.25) is 0 Å². The average molecular weight is 301 g/mol. The van der Waals surface area contributed by atoms with Crippen molar-refractivity contribution in [2.45, 2.75) is 16.1 Å². The highest BCUT2D eigenvalue weighted by atomic mass is 32.2. The van der Waals surface area contributed by atoms with Gasteiger partial charge >= 0.3 is 0 Å². The topological polar surface area (TPSA) is 57.9 Å². The Kier molecular flexibility index (Phi) is 3.26. The normalized spacial score (nSPS) is 24.3. The molecule has 1 fully saturated rings. The molecule has 3 rings (SSSR count). The van der Waals surface area contributed by atoms with Crippen LogP contribution in [0.1, 0.15) is 11.5 Å². The van der Waals surface area contributed by atoms with Crippen LogP contribution < -0.4 is 0 Å². The van der Waals surface area contributed by atoms with Crippen LogP contribution in [0.3, 0.4) is 0 Å². The summed E-state index contributed by atoms with van der Waals surface area (Å²) in [6.45, 7) is 0. The van der Waals surface area contributed by atoms with E-state index in [-0.39, 0.29) is 4.90 Å². The van der Waals surface area contributed by atoms with Gasteiger partial charge in [-0.3, -0.25) is 0 Å². The van der Waals surface area contributed by atoms with Crippen molar-refractivity contribution in [2.75, 3.05) is 0 Å². The number of hydrogen-bond acceptors (Lipinski definition) is 3. The Morgan fingerprint density at radius 2 is 1.76 bits per heavy atom. The van der Waals surface area contributed by atoms with Gasteiger partial charge in [0.25, 0.3) is 0 Å². The fraction of sp³-hybridized carbons (Fsp3) is 0.188. The third-order valence-electron chi connectivity index (χ3n) is 3.77. The first-order chi connectivity index (χ1) is 10.1. The van der Waals surface area contributed by atoms with Crippen LogP contribution in [0.25, 0.3) is 0 Å². The molecule has 2 aromatic carbocycles. The van der Waals surface area contributed by atoms with Crippen LogP contribution in [0.15, 0.2) is 59.5 Å². The van der Waals surface area contributed by atoms with Crippen molar-refractivity contribution in [1.82, 2.24) is 0 Å². The number of benzene rings is 2. The molecule has 0 unspecified atom stereocenters. The number of halogens is 1. The summed E-state index contributed by atoms with van der Waals surface area (Å²) in [5.41, 5.74) is 0.561. The minimum atomic E-state index is -3.58. The number of nitrogens with zero attached hydrogens (tertiary/aromatic N) is 1. The molecule has 5 heteroatoms. The van der Waals surface area contributed by atoms with Crippen molar-refractivity contribution in [3.05, 3.63) is 66.0 Å². The predicted octanol–water partition coefficient (Wildman–Crippen LogP) is 2.91. The van der Waals surface area contributed by atoms with E-state index in [1.807, 2.05) is 6.07 Å². The van der Waals surface area contributed by atoms with E-state index in [0.29, 0.717) is 5.56 Å². The van der Waals surface area contributed by atoms with Crippen molar-refractivity contribution in [1.29, 1.82) is 5.26 Å². The highest BCUT2D eigenvalue weighted by Gasteiger charge is 2.59. The van der Waals surface area contributed by atoms with Crippen molar-refractivity contribution in [3.8, 4) is 6.07 Å². The molecule has 2 aromatic rings. The Hall–Kier alpha value is -2.19.